The van der Waals surface area contributed by atoms with E-state index in [2.05, 4.69) is 30.6 Å². The van der Waals surface area contributed by atoms with E-state index in [4.69, 9.17) is 0 Å². The smallest absolute Gasteiger partial charge is 0.226 e. The van der Waals surface area contributed by atoms with Crippen molar-refractivity contribution in [2.75, 3.05) is 17.7 Å². The van der Waals surface area contributed by atoms with Crippen LogP contribution in [-0.2, 0) is 0 Å². The predicted octanol–water partition coefficient (Wildman–Crippen LogP) is 2.42. The number of rotatable bonds is 3. The molecule has 0 aliphatic heterocycles. The van der Waals surface area contributed by atoms with Gasteiger partial charge < -0.3 is 15.6 Å². The Morgan fingerprint density at radius 1 is 1.15 bits per heavy atom. The number of H-pyrrole nitrogens is 1. The summed E-state index contributed by atoms with van der Waals surface area (Å²) in [4.78, 5) is 15.1. The van der Waals surface area contributed by atoms with Crippen molar-refractivity contribution < 1.29 is 8.78 Å². The lowest BCUT2D eigenvalue weighted by atomic mass is 10.3. The number of anilines is 3. The zero-order valence-corrected chi connectivity index (χ0v) is 10.4. The lowest BCUT2D eigenvalue weighted by molar-refractivity contribution is 0.590. The van der Waals surface area contributed by atoms with Gasteiger partial charge in [-0.15, -0.1) is 0 Å². The third kappa shape index (κ3) is 2.00. The lowest BCUT2D eigenvalue weighted by Crippen LogP contribution is -2.04. The average Bonchev–Trinajstić information content (AvgIpc) is 2.91. The van der Waals surface area contributed by atoms with Crippen LogP contribution in [0.1, 0.15) is 0 Å². The van der Waals surface area contributed by atoms with Gasteiger partial charge in [0.05, 0.1) is 6.33 Å². The second-order valence-electron chi connectivity index (χ2n) is 3.97. The first-order chi connectivity index (χ1) is 9.69. The Balaban J connectivity index is 2.12. The molecule has 6 nitrogen and oxygen atoms in total. The van der Waals surface area contributed by atoms with Crippen molar-refractivity contribution in [3.05, 3.63) is 36.2 Å². The molecule has 0 bridgehead atoms. The molecular weight excluding hydrogens is 266 g/mol. The largest absolute Gasteiger partial charge is 0.357 e. The van der Waals surface area contributed by atoms with Gasteiger partial charge in [-0.1, -0.05) is 6.07 Å². The normalized spacial score (nSPS) is 10.8. The van der Waals surface area contributed by atoms with Crippen LogP contribution in [0.3, 0.4) is 0 Å². The van der Waals surface area contributed by atoms with Gasteiger partial charge >= 0.3 is 0 Å². The topological polar surface area (TPSA) is 78.5 Å². The van der Waals surface area contributed by atoms with Crippen molar-refractivity contribution in [2.45, 2.75) is 0 Å². The number of aromatic nitrogens is 4. The minimum absolute atomic E-state index is 0.237. The first-order valence-corrected chi connectivity index (χ1v) is 5.79. The SMILES string of the molecule is CNc1nc(Nc2c(F)cccc2F)c2[nH]cnc2n1. The van der Waals surface area contributed by atoms with Crippen LogP contribution in [0.25, 0.3) is 11.2 Å². The Hall–Kier alpha value is -2.77. The van der Waals surface area contributed by atoms with Crippen LogP contribution in [0, 0.1) is 11.6 Å². The Labute approximate surface area is 112 Å². The van der Waals surface area contributed by atoms with Crippen molar-refractivity contribution in [1.82, 2.24) is 19.9 Å². The summed E-state index contributed by atoms with van der Waals surface area (Å²) in [5.74, 6) is -0.880. The zero-order chi connectivity index (χ0) is 14.1. The molecule has 0 fully saturated rings. The fourth-order valence-corrected chi connectivity index (χ4v) is 1.77. The fourth-order valence-electron chi connectivity index (χ4n) is 1.77. The Kier molecular flexibility index (Phi) is 2.90. The Morgan fingerprint density at radius 2 is 1.90 bits per heavy atom. The number of aromatic amines is 1. The second-order valence-corrected chi connectivity index (χ2v) is 3.97. The molecule has 2 aromatic heterocycles. The van der Waals surface area contributed by atoms with E-state index in [1.54, 1.807) is 7.05 Å². The minimum atomic E-state index is -0.706. The summed E-state index contributed by atoms with van der Waals surface area (Å²) >= 11 is 0. The maximum absolute atomic E-state index is 13.7. The summed E-state index contributed by atoms with van der Waals surface area (Å²) in [6, 6.07) is 3.62. The van der Waals surface area contributed by atoms with Crippen molar-refractivity contribution in [3.8, 4) is 0 Å². The number of fused-ring (bicyclic) bond motifs is 1. The van der Waals surface area contributed by atoms with E-state index >= 15 is 0 Å². The quantitative estimate of drug-likeness (QED) is 0.684. The van der Waals surface area contributed by atoms with Crippen LogP contribution in [0.2, 0.25) is 0 Å². The third-order valence-electron chi connectivity index (χ3n) is 2.72. The van der Waals surface area contributed by atoms with E-state index in [1.807, 2.05) is 0 Å². The van der Waals surface area contributed by atoms with E-state index in [0.29, 0.717) is 17.1 Å². The van der Waals surface area contributed by atoms with E-state index in [1.165, 1.54) is 12.4 Å². The van der Waals surface area contributed by atoms with Gasteiger partial charge in [0.15, 0.2) is 11.5 Å². The summed E-state index contributed by atoms with van der Waals surface area (Å²) in [5.41, 5.74) is 0.583. The number of halogens is 2. The Bertz CT molecular complexity index is 749. The van der Waals surface area contributed by atoms with Gasteiger partial charge in [-0.2, -0.15) is 9.97 Å². The molecule has 0 radical (unpaired) electrons. The number of nitrogens with zero attached hydrogens (tertiary/aromatic N) is 3. The van der Waals surface area contributed by atoms with E-state index in [9.17, 15) is 8.78 Å². The number of nitrogens with one attached hydrogen (secondary N) is 3. The molecule has 1 aromatic carbocycles. The van der Waals surface area contributed by atoms with Gasteiger partial charge in [-0.25, -0.2) is 13.8 Å². The molecule has 0 saturated carbocycles. The number of imidazole rings is 1. The van der Waals surface area contributed by atoms with Crippen LogP contribution in [0.15, 0.2) is 24.5 Å². The van der Waals surface area contributed by atoms with E-state index in [0.717, 1.165) is 12.1 Å². The van der Waals surface area contributed by atoms with Gasteiger partial charge in [0, 0.05) is 7.05 Å². The third-order valence-corrected chi connectivity index (χ3v) is 2.72. The highest BCUT2D eigenvalue weighted by atomic mass is 19.1. The lowest BCUT2D eigenvalue weighted by Gasteiger charge is -2.09. The molecule has 0 spiro atoms. The summed E-state index contributed by atoms with van der Waals surface area (Å²) < 4.78 is 27.3. The number of hydrogen-bond acceptors (Lipinski definition) is 5. The molecular formula is C12H10F2N6. The van der Waals surface area contributed by atoms with Gasteiger partial charge in [0.25, 0.3) is 0 Å². The second kappa shape index (κ2) is 4.72. The average molecular weight is 276 g/mol. The number of para-hydroxylation sites is 1. The van der Waals surface area contributed by atoms with Gasteiger partial charge in [0.1, 0.15) is 22.8 Å². The molecule has 0 unspecified atom stereocenters. The molecule has 0 aliphatic rings. The van der Waals surface area contributed by atoms with Crippen LogP contribution < -0.4 is 10.6 Å². The monoisotopic (exact) mass is 276 g/mol. The van der Waals surface area contributed by atoms with Crippen LogP contribution in [0.5, 0.6) is 0 Å². The van der Waals surface area contributed by atoms with Crippen LogP contribution in [-0.4, -0.2) is 27.0 Å². The molecule has 2 heterocycles. The Morgan fingerprint density at radius 3 is 2.60 bits per heavy atom. The van der Waals surface area contributed by atoms with E-state index in [-0.39, 0.29) is 11.5 Å². The van der Waals surface area contributed by atoms with Gasteiger partial charge in [0.2, 0.25) is 5.95 Å². The predicted molar refractivity (Wildman–Crippen MR) is 70.9 cm³/mol. The molecule has 20 heavy (non-hydrogen) atoms. The summed E-state index contributed by atoms with van der Waals surface area (Å²) in [6.07, 6.45) is 1.43. The maximum atomic E-state index is 13.7. The molecule has 0 saturated heterocycles. The molecule has 0 atom stereocenters. The summed E-state index contributed by atoms with van der Waals surface area (Å²) in [5, 5.41) is 5.39. The van der Waals surface area contributed by atoms with Crippen molar-refractivity contribution >= 4 is 28.6 Å². The van der Waals surface area contributed by atoms with Gasteiger partial charge in [-0.3, -0.25) is 0 Å². The number of benzene rings is 1. The highest BCUT2D eigenvalue weighted by Gasteiger charge is 2.14. The molecule has 0 amide bonds. The summed E-state index contributed by atoms with van der Waals surface area (Å²) in [6.45, 7) is 0. The molecule has 3 rings (SSSR count). The fraction of sp³-hybridized carbons (Fsp3) is 0.0833. The van der Waals surface area contributed by atoms with Crippen molar-refractivity contribution in [3.63, 3.8) is 0 Å². The highest BCUT2D eigenvalue weighted by Crippen LogP contribution is 2.26. The van der Waals surface area contributed by atoms with Crippen LogP contribution in [0.4, 0.5) is 26.2 Å². The summed E-state index contributed by atoms with van der Waals surface area (Å²) in [7, 11) is 1.64. The standard InChI is InChI=1S/C12H10F2N6/c1-15-12-19-10-9(16-5-17-10)11(20-12)18-8-6(13)3-2-4-7(8)14/h2-5H,1H3,(H3,15,16,17,18,19,20). The number of hydrogen-bond donors (Lipinski definition) is 3. The molecule has 3 aromatic rings. The maximum Gasteiger partial charge on any atom is 0.226 e. The first kappa shape index (κ1) is 12.3. The molecule has 0 aliphatic carbocycles. The van der Waals surface area contributed by atoms with Gasteiger partial charge in [-0.05, 0) is 12.1 Å². The zero-order valence-electron chi connectivity index (χ0n) is 10.4. The van der Waals surface area contributed by atoms with E-state index < -0.39 is 11.6 Å². The molecule has 102 valence electrons. The minimum Gasteiger partial charge on any atom is -0.357 e. The molecule has 8 heteroatoms. The highest BCUT2D eigenvalue weighted by molar-refractivity contribution is 5.86. The first-order valence-electron chi connectivity index (χ1n) is 5.79. The molecule has 3 N–H and O–H groups in total. The van der Waals surface area contributed by atoms with Crippen molar-refractivity contribution in [2.24, 2.45) is 0 Å². The van der Waals surface area contributed by atoms with Crippen molar-refractivity contribution in [1.29, 1.82) is 0 Å². The van der Waals surface area contributed by atoms with Crippen LogP contribution >= 0.6 is 0 Å².